The number of benzene rings is 1. The fourth-order valence-electron chi connectivity index (χ4n) is 3.66. The van der Waals surface area contributed by atoms with Crippen molar-refractivity contribution in [1.29, 1.82) is 0 Å². The Kier molecular flexibility index (Phi) is 8.25. The number of ether oxygens (including phenoxy) is 2. The van der Waals surface area contributed by atoms with Crippen molar-refractivity contribution in [3.63, 3.8) is 0 Å². The zero-order chi connectivity index (χ0) is 21.3. The smallest absolute Gasteiger partial charge is 0.191 e. The highest BCUT2D eigenvalue weighted by Crippen LogP contribution is 2.30. The third kappa shape index (κ3) is 6.05. The molecule has 1 aliphatic rings. The third-order valence-electron chi connectivity index (χ3n) is 5.52. The van der Waals surface area contributed by atoms with Crippen LogP contribution in [0.1, 0.15) is 38.2 Å². The second-order valence-electron chi connectivity index (χ2n) is 7.65. The topological polar surface area (TPSA) is 58.1 Å². The zero-order valence-corrected chi connectivity index (χ0v) is 19.3. The molecule has 1 aliphatic heterocycles. The zero-order valence-electron chi connectivity index (χ0n) is 18.5. The molecule has 1 saturated heterocycles. The molecule has 2 N–H and O–H groups in total. The molecule has 0 bridgehead atoms. The van der Waals surface area contributed by atoms with Crippen molar-refractivity contribution in [3.05, 3.63) is 40.6 Å². The molecule has 0 spiro atoms. The van der Waals surface area contributed by atoms with Crippen LogP contribution >= 0.6 is 11.3 Å². The van der Waals surface area contributed by atoms with E-state index >= 15 is 0 Å². The van der Waals surface area contributed by atoms with Gasteiger partial charge in [0, 0.05) is 62.0 Å². The van der Waals surface area contributed by atoms with Gasteiger partial charge in [-0.1, -0.05) is 6.92 Å². The van der Waals surface area contributed by atoms with Crippen LogP contribution < -0.4 is 25.0 Å². The van der Waals surface area contributed by atoms with Crippen molar-refractivity contribution in [1.82, 2.24) is 10.6 Å². The Morgan fingerprint density at radius 1 is 1.20 bits per heavy atom. The number of guanidine groups is 1. The van der Waals surface area contributed by atoms with Crippen molar-refractivity contribution in [2.75, 3.05) is 45.3 Å². The quantitative estimate of drug-likeness (QED) is 0.488. The van der Waals surface area contributed by atoms with E-state index in [2.05, 4.69) is 58.3 Å². The molecule has 1 aromatic carbocycles. The fourth-order valence-corrected chi connectivity index (χ4v) is 4.44. The molecule has 7 heteroatoms. The minimum Gasteiger partial charge on any atom is -0.497 e. The van der Waals surface area contributed by atoms with Crippen LogP contribution in [-0.2, 0) is 0 Å². The second-order valence-corrected chi connectivity index (χ2v) is 8.43. The molecule has 30 heavy (non-hydrogen) atoms. The van der Waals surface area contributed by atoms with Gasteiger partial charge in [-0.2, -0.15) is 11.3 Å². The molecule has 164 valence electrons. The number of hydrogen-bond donors (Lipinski definition) is 2. The van der Waals surface area contributed by atoms with Gasteiger partial charge in [-0.05, 0) is 42.2 Å². The van der Waals surface area contributed by atoms with Gasteiger partial charge in [-0.25, -0.2) is 0 Å². The number of piperidine rings is 1. The van der Waals surface area contributed by atoms with Crippen molar-refractivity contribution >= 4 is 23.0 Å². The first-order valence-electron chi connectivity index (χ1n) is 10.7. The lowest BCUT2D eigenvalue weighted by atomic mass is 10.0. The first-order chi connectivity index (χ1) is 14.6. The standard InChI is InChI=1S/C23H34N4O2S/c1-5-24-23(25-15-17(2)18-8-11-30-16-18)26-19-6-9-27(10-7-19)20-12-21(28-3)14-22(13-20)29-4/h8,11-14,16-17,19H,5-7,9-10,15H2,1-4H3,(H2,24,25,26). The van der Waals surface area contributed by atoms with Gasteiger partial charge in [0.2, 0.25) is 0 Å². The van der Waals surface area contributed by atoms with E-state index in [1.54, 1.807) is 25.6 Å². The molecule has 1 fully saturated rings. The van der Waals surface area contributed by atoms with Gasteiger partial charge >= 0.3 is 0 Å². The number of thiophene rings is 1. The Bertz CT molecular complexity index is 779. The molecule has 0 aliphatic carbocycles. The van der Waals surface area contributed by atoms with Crippen LogP contribution in [-0.4, -0.2) is 52.4 Å². The Balaban J connectivity index is 1.56. The summed E-state index contributed by atoms with van der Waals surface area (Å²) in [7, 11) is 3.38. The van der Waals surface area contributed by atoms with Gasteiger partial charge in [-0.15, -0.1) is 0 Å². The summed E-state index contributed by atoms with van der Waals surface area (Å²) >= 11 is 1.74. The Morgan fingerprint density at radius 3 is 2.47 bits per heavy atom. The van der Waals surface area contributed by atoms with Gasteiger partial charge < -0.3 is 25.0 Å². The highest BCUT2D eigenvalue weighted by Gasteiger charge is 2.21. The number of nitrogens with one attached hydrogen (secondary N) is 2. The van der Waals surface area contributed by atoms with Gasteiger partial charge in [0.15, 0.2) is 5.96 Å². The summed E-state index contributed by atoms with van der Waals surface area (Å²) in [5.41, 5.74) is 2.51. The summed E-state index contributed by atoms with van der Waals surface area (Å²) < 4.78 is 10.8. The number of aliphatic imine (C=N–C) groups is 1. The molecular formula is C23H34N4O2S. The molecule has 6 nitrogen and oxygen atoms in total. The second kappa shape index (κ2) is 11.1. The molecule has 1 atom stereocenters. The van der Waals surface area contributed by atoms with Crippen LogP contribution in [0.2, 0.25) is 0 Å². The van der Waals surface area contributed by atoms with E-state index in [0.29, 0.717) is 12.0 Å². The fraction of sp³-hybridized carbons (Fsp3) is 0.522. The SMILES string of the molecule is CCNC(=NCC(C)c1ccsc1)NC1CCN(c2cc(OC)cc(OC)c2)CC1. The lowest BCUT2D eigenvalue weighted by molar-refractivity contribution is 0.393. The molecule has 2 aromatic rings. The van der Waals surface area contributed by atoms with Crippen LogP contribution in [0.15, 0.2) is 40.0 Å². The maximum absolute atomic E-state index is 5.42. The van der Waals surface area contributed by atoms with Crippen LogP contribution in [0.4, 0.5) is 5.69 Å². The van der Waals surface area contributed by atoms with Crippen molar-refractivity contribution in [2.45, 2.75) is 38.6 Å². The maximum Gasteiger partial charge on any atom is 0.191 e. The van der Waals surface area contributed by atoms with E-state index in [1.165, 1.54) is 5.56 Å². The van der Waals surface area contributed by atoms with E-state index < -0.39 is 0 Å². The number of rotatable bonds is 8. The molecule has 0 amide bonds. The number of methoxy groups -OCH3 is 2. The van der Waals surface area contributed by atoms with Crippen LogP contribution in [0.3, 0.4) is 0 Å². The van der Waals surface area contributed by atoms with Crippen molar-refractivity contribution in [2.24, 2.45) is 4.99 Å². The summed E-state index contributed by atoms with van der Waals surface area (Å²) in [6.07, 6.45) is 2.12. The first-order valence-corrected chi connectivity index (χ1v) is 11.6. The Morgan fingerprint density at radius 2 is 1.90 bits per heavy atom. The van der Waals surface area contributed by atoms with Crippen LogP contribution in [0, 0.1) is 0 Å². The normalized spacial score (nSPS) is 16.3. The number of anilines is 1. The van der Waals surface area contributed by atoms with Crippen LogP contribution in [0.25, 0.3) is 0 Å². The lowest BCUT2D eigenvalue weighted by Gasteiger charge is -2.35. The molecule has 0 saturated carbocycles. The summed E-state index contributed by atoms with van der Waals surface area (Å²) in [5.74, 6) is 2.99. The monoisotopic (exact) mass is 430 g/mol. The van der Waals surface area contributed by atoms with E-state index in [0.717, 1.165) is 62.2 Å². The average molecular weight is 431 g/mol. The summed E-state index contributed by atoms with van der Waals surface area (Å²) in [6.45, 7) is 7.96. The summed E-state index contributed by atoms with van der Waals surface area (Å²) in [6, 6.07) is 8.67. The van der Waals surface area contributed by atoms with Gasteiger partial charge in [-0.3, -0.25) is 4.99 Å². The van der Waals surface area contributed by atoms with Crippen molar-refractivity contribution < 1.29 is 9.47 Å². The average Bonchev–Trinajstić information content (AvgIpc) is 3.32. The highest BCUT2D eigenvalue weighted by molar-refractivity contribution is 7.07. The predicted molar refractivity (Wildman–Crippen MR) is 127 cm³/mol. The Hall–Kier alpha value is -2.41. The molecule has 1 aromatic heterocycles. The molecule has 3 rings (SSSR count). The third-order valence-corrected chi connectivity index (χ3v) is 6.22. The predicted octanol–water partition coefficient (Wildman–Crippen LogP) is 4.09. The Labute approximate surface area is 184 Å². The minimum absolute atomic E-state index is 0.419. The lowest BCUT2D eigenvalue weighted by Crippen LogP contribution is -2.48. The summed E-state index contributed by atoms with van der Waals surface area (Å²) in [4.78, 5) is 7.23. The minimum atomic E-state index is 0.419. The van der Waals surface area contributed by atoms with E-state index in [-0.39, 0.29) is 0 Å². The van der Waals surface area contributed by atoms with Gasteiger partial charge in [0.05, 0.1) is 14.2 Å². The largest absolute Gasteiger partial charge is 0.497 e. The molecule has 0 radical (unpaired) electrons. The number of hydrogen-bond acceptors (Lipinski definition) is 5. The first kappa shape index (κ1) is 22.3. The van der Waals surface area contributed by atoms with Crippen molar-refractivity contribution in [3.8, 4) is 11.5 Å². The summed E-state index contributed by atoms with van der Waals surface area (Å²) in [5, 5.41) is 11.4. The van der Waals surface area contributed by atoms with E-state index in [1.807, 2.05) is 6.07 Å². The van der Waals surface area contributed by atoms with E-state index in [4.69, 9.17) is 14.5 Å². The molecule has 2 heterocycles. The van der Waals surface area contributed by atoms with Gasteiger partial charge in [0.1, 0.15) is 11.5 Å². The number of nitrogens with zero attached hydrogens (tertiary/aromatic N) is 2. The molecular weight excluding hydrogens is 396 g/mol. The van der Waals surface area contributed by atoms with E-state index in [9.17, 15) is 0 Å². The highest BCUT2D eigenvalue weighted by atomic mass is 32.1. The van der Waals surface area contributed by atoms with Gasteiger partial charge in [0.25, 0.3) is 0 Å². The maximum atomic E-state index is 5.42. The van der Waals surface area contributed by atoms with Crippen LogP contribution in [0.5, 0.6) is 11.5 Å². The molecule has 1 unspecified atom stereocenters.